The van der Waals surface area contributed by atoms with Crippen molar-refractivity contribution in [2.75, 3.05) is 11.9 Å². The molecule has 2 aromatic rings. The van der Waals surface area contributed by atoms with E-state index in [1.54, 1.807) is 42.7 Å². The Kier molecular flexibility index (Phi) is 10.6. The van der Waals surface area contributed by atoms with Crippen LogP contribution in [0.15, 0.2) is 42.7 Å². The van der Waals surface area contributed by atoms with Gasteiger partial charge >= 0.3 is 0 Å². The molecule has 144 valence electrons. The molecule has 26 heavy (non-hydrogen) atoms. The van der Waals surface area contributed by atoms with Crippen LogP contribution in [0.1, 0.15) is 26.7 Å². The van der Waals surface area contributed by atoms with Gasteiger partial charge < -0.3 is 15.8 Å². The highest BCUT2D eigenvalue weighted by Crippen LogP contribution is 2.33. The molecule has 1 aromatic carbocycles. The Balaban J connectivity index is 0.00000312. The van der Waals surface area contributed by atoms with Gasteiger partial charge in [-0.15, -0.1) is 24.8 Å². The molecule has 0 aliphatic rings. The summed E-state index contributed by atoms with van der Waals surface area (Å²) in [5.74, 6) is 1.06. The number of hydrogen-bond acceptors (Lipinski definition) is 4. The van der Waals surface area contributed by atoms with Crippen LogP contribution in [-0.2, 0) is 4.79 Å². The van der Waals surface area contributed by atoms with E-state index >= 15 is 0 Å². The minimum Gasteiger partial charge on any atom is -0.456 e. The maximum absolute atomic E-state index is 12.5. The highest BCUT2D eigenvalue weighted by atomic mass is 35.5. The Morgan fingerprint density at radius 2 is 1.81 bits per heavy atom. The molecule has 0 saturated carbocycles. The molecule has 0 bridgehead atoms. The Morgan fingerprint density at radius 3 is 2.31 bits per heavy atom. The van der Waals surface area contributed by atoms with Crippen molar-refractivity contribution >= 4 is 48.0 Å². The summed E-state index contributed by atoms with van der Waals surface area (Å²) in [7, 11) is 0. The van der Waals surface area contributed by atoms with Crippen LogP contribution in [0, 0.1) is 5.41 Å². The predicted molar refractivity (Wildman–Crippen MR) is 111 cm³/mol. The molecule has 0 spiro atoms. The van der Waals surface area contributed by atoms with Gasteiger partial charge in [-0.25, -0.2) is 0 Å². The number of carbonyl (C=O) groups excluding carboxylic acids is 1. The van der Waals surface area contributed by atoms with Gasteiger partial charge in [0.1, 0.15) is 11.5 Å². The zero-order chi connectivity index (χ0) is 17.6. The summed E-state index contributed by atoms with van der Waals surface area (Å²) in [5.41, 5.74) is 5.87. The van der Waals surface area contributed by atoms with Gasteiger partial charge in [0.2, 0.25) is 5.91 Å². The van der Waals surface area contributed by atoms with Crippen molar-refractivity contribution in [1.82, 2.24) is 4.98 Å². The number of rotatable bonds is 7. The average molecular weight is 421 g/mol. The van der Waals surface area contributed by atoms with Crippen LogP contribution in [-0.4, -0.2) is 17.4 Å². The molecule has 1 heterocycles. The summed E-state index contributed by atoms with van der Waals surface area (Å²) < 4.78 is 5.70. The standard InChI is InChI=1S/C18H22ClN3O2.2ClH/c1-3-18(4-2,12-20)17(23)22-13-5-6-16(15(19)11-13)24-14-7-9-21-10-8-14;;/h5-11H,3-4,12,20H2,1-2H3,(H,22,23);2*1H. The minimum absolute atomic E-state index is 0. The lowest BCUT2D eigenvalue weighted by Crippen LogP contribution is -2.41. The summed E-state index contributed by atoms with van der Waals surface area (Å²) >= 11 is 6.26. The van der Waals surface area contributed by atoms with Gasteiger partial charge in [-0.1, -0.05) is 25.4 Å². The van der Waals surface area contributed by atoms with Gasteiger partial charge in [0.05, 0.1) is 10.4 Å². The van der Waals surface area contributed by atoms with Crippen LogP contribution in [0.25, 0.3) is 0 Å². The van der Waals surface area contributed by atoms with E-state index in [0.29, 0.717) is 41.6 Å². The van der Waals surface area contributed by atoms with Crippen LogP contribution in [0.5, 0.6) is 11.5 Å². The fraction of sp³-hybridized carbons (Fsp3) is 0.333. The molecule has 2 rings (SSSR count). The summed E-state index contributed by atoms with van der Waals surface area (Å²) in [6, 6.07) is 8.63. The van der Waals surface area contributed by atoms with Gasteiger partial charge in [0.25, 0.3) is 0 Å². The lowest BCUT2D eigenvalue weighted by Gasteiger charge is -2.28. The lowest BCUT2D eigenvalue weighted by molar-refractivity contribution is -0.125. The quantitative estimate of drug-likeness (QED) is 0.655. The molecule has 1 aromatic heterocycles. The number of amides is 1. The molecule has 5 nitrogen and oxygen atoms in total. The monoisotopic (exact) mass is 419 g/mol. The first kappa shape index (κ1) is 24.5. The Labute approximate surface area is 171 Å². The molecule has 0 aliphatic heterocycles. The first-order chi connectivity index (χ1) is 11.5. The van der Waals surface area contributed by atoms with Crippen molar-refractivity contribution in [1.29, 1.82) is 0 Å². The van der Waals surface area contributed by atoms with Gasteiger partial charge in [0.15, 0.2) is 0 Å². The number of ether oxygens (including phenoxy) is 1. The minimum atomic E-state index is -0.557. The van der Waals surface area contributed by atoms with Crippen molar-refractivity contribution in [3.63, 3.8) is 0 Å². The van der Waals surface area contributed by atoms with E-state index in [9.17, 15) is 4.79 Å². The van der Waals surface area contributed by atoms with Crippen molar-refractivity contribution in [2.45, 2.75) is 26.7 Å². The topological polar surface area (TPSA) is 77.2 Å². The number of nitrogens with one attached hydrogen (secondary N) is 1. The molecule has 0 fully saturated rings. The van der Waals surface area contributed by atoms with Crippen LogP contribution in [0.2, 0.25) is 5.02 Å². The van der Waals surface area contributed by atoms with E-state index < -0.39 is 5.41 Å². The van der Waals surface area contributed by atoms with Gasteiger partial charge in [0, 0.05) is 24.6 Å². The lowest BCUT2D eigenvalue weighted by atomic mass is 9.81. The van der Waals surface area contributed by atoms with E-state index in [1.165, 1.54) is 0 Å². The molecule has 3 N–H and O–H groups in total. The van der Waals surface area contributed by atoms with Crippen LogP contribution in [0.3, 0.4) is 0 Å². The number of hydrogen-bond donors (Lipinski definition) is 2. The smallest absolute Gasteiger partial charge is 0.231 e. The van der Waals surface area contributed by atoms with Crippen molar-refractivity contribution in [3.8, 4) is 11.5 Å². The van der Waals surface area contributed by atoms with E-state index in [2.05, 4.69) is 10.3 Å². The summed E-state index contributed by atoms with van der Waals surface area (Å²) in [4.78, 5) is 16.5. The zero-order valence-electron chi connectivity index (χ0n) is 14.7. The largest absolute Gasteiger partial charge is 0.456 e. The van der Waals surface area contributed by atoms with Gasteiger partial charge in [-0.2, -0.15) is 0 Å². The number of pyridine rings is 1. The van der Waals surface area contributed by atoms with Crippen LogP contribution < -0.4 is 15.8 Å². The Bertz CT molecular complexity index is 687. The second-order valence-electron chi connectivity index (χ2n) is 5.58. The zero-order valence-corrected chi connectivity index (χ0v) is 17.1. The van der Waals surface area contributed by atoms with Crippen molar-refractivity contribution in [2.24, 2.45) is 11.1 Å². The maximum atomic E-state index is 12.5. The molecule has 1 amide bonds. The third kappa shape index (κ3) is 5.74. The second kappa shape index (κ2) is 11.2. The number of carbonyl (C=O) groups is 1. The highest BCUT2D eigenvalue weighted by molar-refractivity contribution is 6.32. The fourth-order valence-electron chi connectivity index (χ4n) is 2.41. The molecule has 0 saturated heterocycles. The SMILES string of the molecule is CCC(CC)(CN)C(=O)Nc1ccc(Oc2ccncc2)c(Cl)c1.Cl.Cl. The van der Waals surface area contributed by atoms with Crippen LogP contribution in [0.4, 0.5) is 5.69 Å². The van der Waals surface area contributed by atoms with Crippen molar-refractivity contribution in [3.05, 3.63) is 47.7 Å². The summed E-state index contributed by atoms with van der Waals surface area (Å²) in [6.45, 7) is 4.24. The second-order valence-corrected chi connectivity index (χ2v) is 5.98. The maximum Gasteiger partial charge on any atom is 0.231 e. The number of aromatic nitrogens is 1. The first-order valence-corrected chi connectivity index (χ1v) is 8.31. The Hall–Kier alpha value is -1.53. The molecule has 0 radical (unpaired) electrons. The van der Waals surface area contributed by atoms with Crippen LogP contribution >= 0.6 is 36.4 Å². The number of benzene rings is 1. The normalized spacial score (nSPS) is 10.3. The average Bonchev–Trinajstić information content (AvgIpc) is 2.60. The van der Waals surface area contributed by atoms with Gasteiger partial charge in [-0.3, -0.25) is 9.78 Å². The molecular formula is C18H24Cl3N3O2. The predicted octanol–water partition coefficient (Wildman–Crippen LogP) is 5.07. The third-order valence-electron chi connectivity index (χ3n) is 4.29. The van der Waals surface area contributed by atoms with Crippen molar-refractivity contribution < 1.29 is 9.53 Å². The van der Waals surface area contributed by atoms with E-state index in [1.807, 2.05) is 13.8 Å². The number of nitrogens with zero attached hydrogens (tertiary/aromatic N) is 1. The van der Waals surface area contributed by atoms with E-state index in [4.69, 9.17) is 22.1 Å². The molecule has 0 unspecified atom stereocenters. The number of nitrogens with two attached hydrogens (primary N) is 1. The third-order valence-corrected chi connectivity index (χ3v) is 4.59. The Morgan fingerprint density at radius 1 is 1.19 bits per heavy atom. The van der Waals surface area contributed by atoms with Gasteiger partial charge in [-0.05, 0) is 43.2 Å². The number of anilines is 1. The fourth-order valence-corrected chi connectivity index (χ4v) is 2.63. The van der Waals surface area contributed by atoms with E-state index in [-0.39, 0.29) is 30.7 Å². The van der Waals surface area contributed by atoms with E-state index in [0.717, 1.165) is 0 Å². The molecule has 0 aliphatic carbocycles. The summed E-state index contributed by atoms with van der Waals surface area (Å²) in [6.07, 6.45) is 4.64. The highest BCUT2D eigenvalue weighted by Gasteiger charge is 2.33. The summed E-state index contributed by atoms with van der Waals surface area (Å²) in [5, 5.41) is 3.31. The molecule has 8 heteroatoms. The molecular weight excluding hydrogens is 397 g/mol. The first-order valence-electron chi connectivity index (χ1n) is 7.93. The molecule has 0 atom stereocenters. The number of halogens is 3.